The van der Waals surface area contributed by atoms with Gasteiger partial charge in [-0.05, 0) is 55.5 Å². The van der Waals surface area contributed by atoms with Crippen LogP contribution in [-0.4, -0.2) is 26.5 Å². The fourth-order valence-electron chi connectivity index (χ4n) is 3.81. The number of amides is 1. The van der Waals surface area contributed by atoms with Crippen LogP contribution in [0, 0.1) is 5.92 Å². The average molecular weight is 435 g/mol. The lowest BCUT2D eigenvalue weighted by atomic mass is 10.1. The van der Waals surface area contributed by atoms with Gasteiger partial charge in [-0.1, -0.05) is 24.2 Å². The van der Waals surface area contributed by atoms with Crippen LogP contribution < -0.4 is 16.0 Å². The van der Waals surface area contributed by atoms with Gasteiger partial charge in [-0.15, -0.1) is 0 Å². The molecule has 1 atom stereocenters. The third-order valence-corrected chi connectivity index (χ3v) is 5.89. The van der Waals surface area contributed by atoms with Crippen LogP contribution in [0.1, 0.15) is 31.7 Å². The van der Waals surface area contributed by atoms with E-state index in [1.54, 1.807) is 10.7 Å². The molecular weight excluding hydrogens is 412 g/mol. The first-order valence-electron chi connectivity index (χ1n) is 10.3. The number of rotatable bonds is 6. The molecule has 0 unspecified atom stereocenters. The zero-order valence-electron chi connectivity index (χ0n) is 17.2. The van der Waals surface area contributed by atoms with E-state index in [1.807, 2.05) is 36.4 Å². The van der Waals surface area contributed by atoms with Gasteiger partial charge in [-0.3, -0.25) is 4.79 Å². The summed E-state index contributed by atoms with van der Waals surface area (Å²) in [5.74, 6) is 2.17. The third kappa shape index (κ3) is 4.14. The van der Waals surface area contributed by atoms with Crippen molar-refractivity contribution in [3.63, 3.8) is 0 Å². The second-order valence-corrected chi connectivity index (χ2v) is 8.58. The minimum atomic E-state index is -0.0513. The van der Waals surface area contributed by atoms with Crippen LogP contribution in [0.5, 0.6) is 0 Å². The van der Waals surface area contributed by atoms with E-state index >= 15 is 0 Å². The molecule has 0 spiro atoms. The number of halogens is 1. The molecular formula is C23H23ClN6O. The molecule has 2 aliphatic rings. The zero-order chi connectivity index (χ0) is 21.5. The van der Waals surface area contributed by atoms with Crippen LogP contribution in [0.15, 0.2) is 54.4 Å². The quantitative estimate of drug-likeness (QED) is 0.521. The Bertz CT molecular complexity index is 1230. The maximum atomic E-state index is 11.7. The zero-order valence-corrected chi connectivity index (χ0v) is 17.9. The van der Waals surface area contributed by atoms with Gasteiger partial charge in [0, 0.05) is 34.1 Å². The van der Waals surface area contributed by atoms with E-state index in [9.17, 15) is 4.79 Å². The number of allylic oxidation sites excluding steroid dienone is 1. The van der Waals surface area contributed by atoms with Gasteiger partial charge in [0.05, 0.1) is 12.6 Å². The highest BCUT2D eigenvalue weighted by atomic mass is 35.5. The molecule has 2 aromatic heterocycles. The molecule has 3 N–H and O–H groups in total. The summed E-state index contributed by atoms with van der Waals surface area (Å²) < 4.78 is 1.81. The summed E-state index contributed by atoms with van der Waals surface area (Å²) in [5.41, 5.74) is 3.83. The van der Waals surface area contributed by atoms with Crippen LogP contribution in [0.25, 0.3) is 11.7 Å². The molecule has 1 amide bonds. The van der Waals surface area contributed by atoms with Crippen LogP contribution >= 0.6 is 11.6 Å². The van der Waals surface area contributed by atoms with Crippen molar-refractivity contribution in [2.24, 2.45) is 5.92 Å². The number of carbonyl (C=O) groups excluding carboxylic acids is 1. The van der Waals surface area contributed by atoms with Crippen LogP contribution in [0.2, 0.25) is 5.02 Å². The number of hydrogen-bond acceptors (Lipinski definition) is 5. The highest BCUT2D eigenvalue weighted by Crippen LogP contribution is 2.34. The summed E-state index contributed by atoms with van der Waals surface area (Å²) in [5, 5.41) is 14.9. The molecule has 158 valence electrons. The van der Waals surface area contributed by atoms with Gasteiger partial charge >= 0.3 is 0 Å². The van der Waals surface area contributed by atoms with Gasteiger partial charge in [0.25, 0.3) is 0 Å². The molecule has 7 nitrogen and oxygen atoms in total. The first-order valence-corrected chi connectivity index (χ1v) is 10.7. The predicted molar refractivity (Wildman–Crippen MR) is 123 cm³/mol. The summed E-state index contributed by atoms with van der Waals surface area (Å²) in [6, 6.07) is 9.81. The van der Waals surface area contributed by atoms with Gasteiger partial charge in [0.15, 0.2) is 5.65 Å². The Morgan fingerprint density at radius 1 is 1.35 bits per heavy atom. The van der Waals surface area contributed by atoms with Crippen molar-refractivity contribution in [2.45, 2.75) is 32.2 Å². The van der Waals surface area contributed by atoms with Crippen LogP contribution in [0.4, 0.5) is 17.3 Å². The summed E-state index contributed by atoms with van der Waals surface area (Å²) in [4.78, 5) is 16.5. The fourth-order valence-corrected chi connectivity index (χ4v) is 4.00. The van der Waals surface area contributed by atoms with E-state index in [0.29, 0.717) is 40.6 Å². The van der Waals surface area contributed by atoms with Crippen molar-refractivity contribution in [3.8, 4) is 0 Å². The minimum absolute atomic E-state index is 0.0513. The highest BCUT2D eigenvalue weighted by molar-refractivity contribution is 6.30. The number of benzene rings is 1. The van der Waals surface area contributed by atoms with Crippen molar-refractivity contribution in [1.29, 1.82) is 0 Å². The summed E-state index contributed by atoms with van der Waals surface area (Å²) in [6.45, 7) is 6.12. The molecule has 1 saturated heterocycles. The number of hydrogen-bond donors (Lipinski definition) is 3. The number of anilines is 3. The number of nitrogens with zero attached hydrogens (tertiary/aromatic N) is 3. The Morgan fingerprint density at radius 3 is 2.90 bits per heavy atom. The molecule has 1 saturated carbocycles. The van der Waals surface area contributed by atoms with Crippen molar-refractivity contribution < 1.29 is 4.79 Å². The first kappa shape index (κ1) is 19.6. The monoisotopic (exact) mass is 434 g/mol. The molecule has 2 fully saturated rings. The molecule has 1 aromatic carbocycles. The second kappa shape index (κ2) is 7.74. The molecule has 0 radical (unpaired) electrons. The largest absolute Gasteiger partial charge is 0.367 e. The Kier molecular flexibility index (Phi) is 4.90. The summed E-state index contributed by atoms with van der Waals surface area (Å²) in [7, 11) is 0. The van der Waals surface area contributed by atoms with Crippen molar-refractivity contribution >= 4 is 46.6 Å². The average Bonchev–Trinajstić information content (AvgIpc) is 3.42. The highest BCUT2D eigenvalue weighted by Gasteiger charge is 2.28. The van der Waals surface area contributed by atoms with Gasteiger partial charge in [0.2, 0.25) is 5.91 Å². The summed E-state index contributed by atoms with van der Waals surface area (Å²) >= 11 is 6.14. The van der Waals surface area contributed by atoms with Crippen molar-refractivity contribution in [1.82, 2.24) is 19.9 Å². The van der Waals surface area contributed by atoms with E-state index < -0.39 is 0 Å². The molecule has 3 aromatic rings. The van der Waals surface area contributed by atoms with E-state index in [2.05, 4.69) is 34.6 Å². The molecule has 31 heavy (non-hydrogen) atoms. The smallest absolute Gasteiger partial charge is 0.228 e. The van der Waals surface area contributed by atoms with Gasteiger partial charge in [-0.2, -0.15) is 9.61 Å². The second-order valence-electron chi connectivity index (χ2n) is 8.14. The predicted octanol–water partition coefficient (Wildman–Crippen LogP) is 4.75. The lowest BCUT2D eigenvalue weighted by Gasteiger charge is -2.17. The van der Waals surface area contributed by atoms with Gasteiger partial charge < -0.3 is 16.0 Å². The SMILES string of the molecule is C=C1NC(=O)C/C1=C\c1cnn2c(N[C@H](C)C3CC3)cc(Nc3cccc(Cl)c3)nc12. The topological polar surface area (TPSA) is 83.4 Å². The third-order valence-electron chi connectivity index (χ3n) is 5.66. The molecule has 0 bridgehead atoms. The minimum Gasteiger partial charge on any atom is -0.367 e. The molecule has 3 heterocycles. The Labute approximate surface area is 185 Å². The number of aromatic nitrogens is 3. The number of fused-ring (bicyclic) bond motifs is 1. The van der Waals surface area contributed by atoms with Crippen molar-refractivity contribution in [3.05, 3.63) is 65.0 Å². The Morgan fingerprint density at radius 2 is 2.19 bits per heavy atom. The maximum Gasteiger partial charge on any atom is 0.228 e. The standard InChI is InChI=1S/C23H23ClN6O/c1-13(15-6-7-15)26-21-11-20(28-19-5-3-4-18(24)10-19)29-23-17(12-25-30(21)23)8-16-9-22(31)27-14(16)2/h3-5,8,10-13,15,26H,2,6-7,9H2,1H3,(H,27,31)(H,28,29)/b16-8+/t13-/m1/s1. The van der Waals surface area contributed by atoms with Crippen molar-refractivity contribution in [2.75, 3.05) is 10.6 Å². The first-order chi connectivity index (χ1) is 15.0. The van der Waals surface area contributed by atoms with E-state index in [4.69, 9.17) is 16.6 Å². The van der Waals surface area contributed by atoms with Gasteiger partial charge in [0.1, 0.15) is 11.6 Å². The summed E-state index contributed by atoms with van der Waals surface area (Å²) in [6.07, 6.45) is 6.49. The number of nitrogens with one attached hydrogen (secondary N) is 3. The molecule has 1 aliphatic carbocycles. The lowest BCUT2D eigenvalue weighted by molar-refractivity contribution is -0.118. The molecule has 1 aliphatic heterocycles. The van der Waals surface area contributed by atoms with E-state index in [0.717, 1.165) is 22.6 Å². The van der Waals surface area contributed by atoms with Crippen LogP contribution in [-0.2, 0) is 4.79 Å². The normalized spacial score (nSPS) is 18.5. The van der Waals surface area contributed by atoms with E-state index in [-0.39, 0.29) is 5.91 Å². The fraction of sp³-hybridized carbons (Fsp3) is 0.261. The number of carbonyl (C=O) groups is 1. The molecule has 5 rings (SSSR count). The maximum absolute atomic E-state index is 11.7. The Balaban J connectivity index is 1.57. The lowest BCUT2D eigenvalue weighted by Crippen LogP contribution is -2.20. The van der Waals surface area contributed by atoms with Crippen LogP contribution in [0.3, 0.4) is 0 Å². The Hall–Kier alpha value is -3.32. The molecule has 8 heteroatoms. The van der Waals surface area contributed by atoms with E-state index in [1.165, 1.54) is 12.8 Å². The van der Waals surface area contributed by atoms with Gasteiger partial charge in [-0.25, -0.2) is 4.98 Å².